The summed E-state index contributed by atoms with van der Waals surface area (Å²) in [7, 11) is 1.24. The van der Waals surface area contributed by atoms with Crippen molar-refractivity contribution >= 4 is 11.8 Å². The minimum atomic E-state index is -0.578. The number of carbonyl (C=O) groups is 2. The minimum Gasteiger partial charge on any atom is -0.508 e. The number of benzene rings is 1. The van der Waals surface area contributed by atoms with Crippen molar-refractivity contribution in [3.8, 4) is 5.75 Å². The summed E-state index contributed by atoms with van der Waals surface area (Å²) in [6.45, 7) is 3.85. The Bertz CT molecular complexity index is 487. The highest BCUT2D eigenvalue weighted by molar-refractivity contribution is 6.07. The molecule has 0 spiro atoms. The summed E-state index contributed by atoms with van der Waals surface area (Å²) in [5.74, 6) is -0.602. The summed E-state index contributed by atoms with van der Waals surface area (Å²) in [6.07, 6.45) is 2.23. The fraction of sp³-hybridized carbons (Fsp3) is 0.286. The van der Waals surface area contributed by atoms with E-state index in [1.807, 2.05) is 13.8 Å². The molecule has 0 amide bonds. The zero-order valence-corrected chi connectivity index (χ0v) is 10.6. The van der Waals surface area contributed by atoms with E-state index in [1.54, 1.807) is 6.07 Å². The number of ether oxygens (including phenoxy) is 1. The molecule has 4 heteroatoms. The van der Waals surface area contributed by atoms with Crippen LogP contribution < -0.4 is 0 Å². The molecule has 0 unspecified atom stereocenters. The monoisotopic (exact) mass is 248 g/mol. The SMILES string of the molecule is COC(=O)/C=C/C(=O)c1ccc(O)c(C(C)C)c1. The number of aromatic hydroxyl groups is 1. The second kappa shape index (κ2) is 6.00. The van der Waals surface area contributed by atoms with Crippen molar-refractivity contribution in [1.29, 1.82) is 0 Å². The molecule has 0 saturated carbocycles. The second-order valence-electron chi connectivity index (χ2n) is 4.15. The molecule has 0 bridgehead atoms. The molecule has 0 aliphatic heterocycles. The molecular weight excluding hydrogens is 232 g/mol. The van der Waals surface area contributed by atoms with Crippen LogP contribution in [0.25, 0.3) is 0 Å². The van der Waals surface area contributed by atoms with Crippen LogP contribution in [0.4, 0.5) is 0 Å². The summed E-state index contributed by atoms with van der Waals surface area (Å²) in [5, 5.41) is 9.64. The summed E-state index contributed by atoms with van der Waals surface area (Å²) >= 11 is 0. The van der Waals surface area contributed by atoms with Gasteiger partial charge in [0, 0.05) is 11.6 Å². The highest BCUT2D eigenvalue weighted by Crippen LogP contribution is 2.26. The Balaban J connectivity index is 2.97. The Morgan fingerprint density at radius 1 is 1.28 bits per heavy atom. The van der Waals surface area contributed by atoms with Crippen LogP contribution in [0.5, 0.6) is 5.75 Å². The normalized spacial score (nSPS) is 10.9. The van der Waals surface area contributed by atoms with Crippen LogP contribution in [-0.2, 0) is 9.53 Å². The largest absolute Gasteiger partial charge is 0.508 e. The molecule has 0 atom stereocenters. The van der Waals surface area contributed by atoms with Crippen LogP contribution in [0.15, 0.2) is 30.4 Å². The van der Waals surface area contributed by atoms with Crippen molar-refractivity contribution in [2.45, 2.75) is 19.8 Å². The lowest BCUT2D eigenvalue weighted by Crippen LogP contribution is -2.00. The van der Waals surface area contributed by atoms with E-state index in [9.17, 15) is 14.7 Å². The fourth-order valence-electron chi connectivity index (χ4n) is 1.48. The maximum absolute atomic E-state index is 11.8. The van der Waals surface area contributed by atoms with Gasteiger partial charge in [-0.05, 0) is 35.8 Å². The van der Waals surface area contributed by atoms with Gasteiger partial charge in [-0.15, -0.1) is 0 Å². The Morgan fingerprint density at radius 2 is 1.94 bits per heavy atom. The minimum absolute atomic E-state index is 0.113. The number of phenols is 1. The number of esters is 1. The van der Waals surface area contributed by atoms with E-state index in [1.165, 1.54) is 19.2 Å². The number of allylic oxidation sites excluding steroid dienone is 1. The molecule has 0 fully saturated rings. The molecule has 1 aromatic carbocycles. The standard InChI is InChI=1S/C14H16O4/c1-9(2)11-8-10(4-5-13(11)16)12(15)6-7-14(17)18-3/h4-9,16H,1-3H3/b7-6+. The first kappa shape index (κ1) is 14.0. The van der Waals surface area contributed by atoms with Crippen molar-refractivity contribution in [2.75, 3.05) is 7.11 Å². The highest BCUT2D eigenvalue weighted by Gasteiger charge is 2.10. The van der Waals surface area contributed by atoms with Gasteiger partial charge in [-0.3, -0.25) is 4.79 Å². The number of carbonyl (C=O) groups excluding carboxylic acids is 2. The second-order valence-corrected chi connectivity index (χ2v) is 4.15. The molecule has 0 aromatic heterocycles. The molecule has 0 radical (unpaired) electrons. The molecule has 0 saturated heterocycles. The van der Waals surface area contributed by atoms with Crippen molar-refractivity contribution < 1.29 is 19.4 Å². The van der Waals surface area contributed by atoms with Gasteiger partial charge in [-0.25, -0.2) is 4.79 Å². The molecule has 0 heterocycles. The zero-order chi connectivity index (χ0) is 13.7. The van der Waals surface area contributed by atoms with E-state index in [2.05, 4.69) is 4.74 Å². The zero-order valence-electron chi connectivity index (χ0n) is 10.6. The summed E-state index contributed by atoms with van der Waals surface area (Å²) in [5.41, 5.74) is 1.13. The Morgan fingerprint density at radius 3 is 2.50 bits per heavy atom. The number of ketones is 1. The quantitative estimate of drug-likeness (QED) is 0.505. The van der Waals surface area contributed by atoms with Crippen LogP contribution in [0.2, 0.25) is 0 Å². The average Bonchev–Trinajstić information content (AvgIpc) is 2.35. The van der Waals surface area contributed by atoms with Crippen LogP contribution in [0.3, 0.4) is 0 Å². The third kappa shape index (κ3) is 3.45. The predicted molar refractivity (Wildman–Crippen MR) is 67.7 cm³/mol. The van der Waals surface area contributed by atoms with Gasteiger partial charge < -0.3 is 9.84 Å². The summed E-state index contributed by atoms with van der Waals surface area (Å²) in [6, 6.07) is 4.63. The smallest absolute Gasteiger partial charge is 0.330 e. The molecular formula is C14H16O4. The van der Waals surface area contributed by atoms with Gasteiger partial charge in [0.05, 0.1) is 7.11 Å². The Hall–Kier alpha value is -2.10. The molecule has 1 rings (SSSR count). The van der Waals surface area contributed by atoms with Crippen LogP contribution in [-0.4, -0.2) is 24.0 Å². The summed E-state index contributed by atoms with van der Waals surface area (Å²) in [4.78, 5) is 22.7. The lowest BCUT2D eigenvalue weighted by Gasteiger charge is -2.09. The van der Waals surface area contributed by atoms with Gasteiger partial charge in [-0.2, -0.15) is 0 Å². The van der Waals surface area contributed by atoms with Gasteiger partial charge in [0.2, 0.25) is 0 Å². The number of hydrogen-bond acceptors (Lipinski definition) is 4. The van der Waals surface area contributed by atoms with Crippen molar-refractivity contribution in [3.63, 3.8) is 0 Å². The predicted octanol–water partition coefficient (Wildman–Crippen LogP) is 2.43. The van der Waals surface area contributed by atoms with Crippen molar-refractivity contribution in [2.24, 2.45) is 0 Å². The molecule has 1 N–H and O–H groups in total. The lowest BCUT2D eigenvalue weighted by molar-refractivity contribution is -0.134. The van der Waals surface area contributed by atoms with Crippen LogP contribution in [0.1, 0.15) is 35.7 Å². The number of rotatable bonds is 4. The third-order valence-corrected chi connectivity index (χ3v) is 2.51. The first-order chi connectivity index (χ1) is 8.45. The van der Waals surface area contributed by atoms with Gasteiger partial charge in [0.15, 0.2) is 5.78 Å². The third-order valence-electron chi connectivity index (χ3n) is 2.51. The number of hydrogen-bond donors (Lipinski definition) is 1. The Labute approximate surface area is 106 Å². The van der Waals surface area contributed by atoms with E-state index in [4.69, 9.17) is 0 Å². The van der Waals surface area contributed by atoms with E-state index >= 15 is 0 Å². The molecule has 1 aromatic rings. The van der Waals surface area contributed by atoms with E-state index in [-0.39, 0.29) is 17.5 Å². The van der Waals surface area contributed by atoms with E-state index < -0.39 is 5.97 Å². The van der Waals surface area contributed by atoms with Crippen molar-refractivity contribution in [3.05, 3.63) is 41.5 Å². The first-order valence-electron chi connectivity index (χ1n) is 5.59. The number of methoxy groups -OCH3 is 1. The Kier molecular flexibility index (Phi) is 4.66. The molecule has 0 aliphatic rings. The average molecular weight is 248 g/mol. The van der Waals surface area contributed by atoms with E-state index in [0.717, 1.165) is 12.2 Å². The van der Waals surface area contributed by atoms with Gasteiger partial charge >= 0.3 is 5.97 Å². The fourth-order valence-corrected chi connectivity index (χ4v) is 1.48. The lowest BCUT2D eigenvalue weighted by atomic mass is 9.98. The summed E-state index contributed by atoms with van der Waals surface area (Å²) < 4.78 is 4.40. The number of phenolic OH excluding ortho intramolecular Hbond substituents is 1. The molecule has 4 nitrogen and oxygen atoms in total. The maximum Gasteiger partial charge on any atom is 0.330 e. The van der Waals surface area contributed by atoms with Crippen LogP contribution in [0, 0.1) is 0 Å². The highest BCUT2D eigenvalue weighted by atomic mass is 16.5. The first-order valence-corrected chi connectivity index (χ1v) is 5.59. The molecule has 18 heavy (non-hydrogen) atoms. The van der Waals surface area contributed by atoms with Gasteiger partial charge in [0.25, 0.3) is 0 Å². The topological polar surface area (TPSA) is 63.6 Å². The van der Waals surface area contributed by atoms with Crippen LogP contribution >= 0.6 is 0 Å². The van der Waals surface area contributed by atoms with Crippen molar-refractivity contribution in [1.82, 2.24) is 0 Å². The maximum atomic E-state index is 11.8. The van der Waals surface area contributed by atoms with Gasteiger partial charge in [-0.1, -0.05) is 13.8 Å². The van der Waals surface area contributed by atoms with Gasteiger partial charge in [0.1, 0.15) is 5.75 Å². The molecule has 96 valence electrons. The van der Waals surface area contributed by atoms with E-state index in [0.29, 0.717) is 11.1 Å². The molecule has 0 aliphatic carbocycles.